The smallest absolute Gasteiger partial charge is 0.275 e. The van der Waals surface area contributed by atoms with Crippen molar-refractivity contribution in [1.82, 2.24) is 5.48 Å². The summed E-state index contributed by atoms with van der Waals surface area (Å²) in [4.78, 5) is 16.4. The lowest BCUT2D eigenvalue weighted by atomic mass is 10.1. The first-order valence-electron chi connectivity index (χ1n) is 6.38. The van der Waals surface area contributed by atoms with E-state index in [1.54, 1.807) is 6.07 Å². The molecule has 0 aliphatic carbocycles. The summed E-state index contributed by atoms with van der Waals surface area (Å²) in [6.07, 6.45) is 8.83. The van der Waals surface area contributed by atoms with Gasteiger partial charge in [0.15, 0.2) is 0 Å². The van der Waals surface area contributed by atoms with Crippen LogP contribution in [0.15, 0.2) is 30.3 Å². The minimum Gasteiger partial charge on any atom is -0.277 e. The maximum absolute atomic E-state index is 11.7. The quantitative estimate of drug-likeness (QED) is 0.591. The van der Waals surface area contributed by atoms with Crippen molar-refractivity contribution < 1.29 is 9.63 Å². The zero-order valence-electron chi connectivity index (χ0n) is 11.1. The zero-order valence-corrected chi connectivity index (χ0v) is 11.1. The van der Waals surface area contributed by atoms with Crippen molar-refractivity contribution in [3.8, 4) is 0 Å². The number of unbranched alkanes of at least 4 members (excludes halogenated alkanes) is 3. The van der Waals surface area contributed by atoms with Crippen molar-refractivity contribution in [2.75, 3.05) is 7.11 Å². The van der Waals surface area contributed by atoms with Crippen molar-refractivity contribution in [3.63, 3.8) is 0 Å². The summed E-state index contributed by atoms with van der Waals surface area (Å²) in [7, 11) is 1.43. The zero-order chi connectivity index (χ0) is 13.2. The fraction of sp³-hybridized carbons (Fsp3) is 0.400. The van der Waals surface area contributed by atoms with Gasteiger partial charge >= 0.3 is 0 Å². The molecule has 1 aromatic carbocycles. The number of amides is 1. The van der Waals surface area contributed by atoms with Crippen molar-refractivity contribution in [2.45, 2.75) is 32.6 Å². The molecule has 0 aliphatic rings. The van der Waals surface area contributed by atoms with E-state index in [1.165, 1.54) is 26.4 Å². The van der Waals surface area contributed by atoms with Gasteiger partial charge in [-0.2, -0.15) is 0 Å². The van der Waals surface area contributed by atoms with E-state index < -0.39 is 0 Å². The number of hydrogen-bond acceptors (Lipinski definition) is 2. The molecule has 1 aromatic rings. The molecule has 0 radical (unpaired) electrons. The average Bonchev–Trinajstić information content (AvgIpc) is 2.39. The number of carbonyl (C=O) groups excluding carboxylic acids is 1. The van der Waals surface area contributed by atoms with Crippen LogP contribution in [-0.2, 0) is 4.84 Å². The second-order valence-corrected chi connectivity index (χ2v) is 4.12. The summed E-state index contributed by atoms with van der Waals surface area (Å²) < 4.78 is 0. The maximum atomic E-state index is 11.7. The third-order valence-electron chi connectivity index (χ3n) is 2.67. The van der Waals surface area contributed by atoms with Crippen LogP contribution in [0, 0.1) is 0 Å². The highest BCUT2D eigenvalue weighted by molar-refractivity contribution is 5.97. The van der Waals surface area contributed by atoms with Gasteiger partial charge in [0.05, 0.1) is 7.11 Å². The Balaban J connectivity index is 2.67. The molecule has 0 unspecified atom stereocenters. The van der Waals surface area contributed by atoms with E-state index in [9.17, 15) is 4.79 Å². The highest BCUT2D eigenvalue weighted by Crippen LogP contribution is 2.12. The fourth-order valence-corrected chi connectivity index (χ4v) is 1.72. The molecule has 3 nitrogen and oxygen atoms in total. The molecule has 3 heteroatoms. The first-order chi connectivity index (χ1) is 8.79. The molecule has 0 spiro atoms. The Morgan fingerprint density at radius 1 is 1.33 bits per heavy atom. The number of carbonyl (C=O) groups is 1. The SMILES string of the molecule is CCCCC/C=C/c1ccccc1C(=O)NOC. The summed E-state index contributed by atoms with van der Waals surface area (Å²) in [5.74, 6) is -0.216. The van der Waals surface area contributed by atoms with Crippen LogP contribution in [0.3, 0.4) is 0 Å². The molecular weight excluding hydrogens is 226 g/mol. The lowest BCUT2D eigenvalue weighted by molar-refractivity contribution is 0.0537. The van der Waals surface area contributed by atoms with Gasteiger partial charge in [-0.15, -0.1) is 0 Å². The Hall–Kier alpha value is -1.61. The molecule has 0 bridgehead atoms. The van der Waals surface area contributed by atoms with Crippen LogP contribution < -0.4 is 5.48 Å². The minimum atomic E-state index is -0.216. The standard InChI is InChI=1S/C15H21NO2/c1-3-4-5-6-7-10-13-11-8-9-12-14(13)15(17)16-18-2/h7-12H,3-6H2,1-2H3,(H,16,17)/b10-7+. The minimum absolute atomic E-state index is 0.216. The summed E-state index contributed by atoms with van der Waals surface area (Å²) in [6.45, 7) is 2.19. The summed E-state index contributed by atoms with van der Waals surface area (Å²) >= 11 is 0. The lowest BCUT2D eigenvalue weighted by Gasteiger charge is -2.05. The van der Waals surface area contributed by atoms with E-state index in [0.717, 1.165) is 12.0 Å². The van der Waals surface area contributed by atoms with E-state index in [0.29, 0.717) is 5.56 Å². The number of hydrogen-bond donors (Lipinski definition) is 1. The number of hydroxylamine groups is 1. The first kappa shape index (κ1) is 14.5. The van der Waals surface area contributed by atoms with Gasteiger partial charge < -0.3 is 0 Å². The highest BCUT2D eigenvalue weighted by atomic mass is 16.6. The predicted molar refractivity (Wildman–Crippen MR) is 74.1 cm³/mol. The van der Waals surface area contributed by atoms with Crippen molar-refractivity contribution >= 4 is 12.0 Å². The number of benzene rings is 1. The largest absolute Gasteiger partial charge is 0.277 e. The van der Waals surface area contributed by atoms with Gasteiger partial charge in [-0.3, -0.25) is 9.63 Å². The van der Waals surface area contributed by atoms with Crippen molar-refractivity contribution in [1.29, 1.82) is 0 Å². The van der Waals surface area contributed by atoms with Gasteiger partial charge in [0.1, 0.15) is 0 Å². The molecule has 0 saturated carbocycles. The summed E-state index contributed by atoms with van der Waals surface area (Å²) in [6, 6.07) is 7.50. The molecule has 1 N–H and O–H groups in total. The molecular formula is C15H21NO2. The second-order valence-electron chi connectivity index (χ2n) is 4.12. The topological polar surface area (TPSA) is 38.3 Å². The van der Waals surface area contributed by atoms with Crippen LogP contribution in [-0.4, -0.2) is 13.0 Å². The molecule has 18 heavy (non-hydrogen) atoms. The number of rotatable bonds is 7. The van der Waals surface area contributed by atoms with Crippen LogP contribution in [0.1, 0.15) is 48.5 Å². The van der Waals surface area contributed by atoms with E-state index in [2.05, 4.69) is 23.3 Å². The molecule has 1 amide bonds. The summed E-state index contributed by atoms with van der Waals surface area (Å²) in [5.41, 5.74) is 3.89. The average molecular weight is 247 g/mol. The molecule has 98 valence electrons. The normalized spacial score (nSPS) is 10.8. The van der Waals surface area contributed by atoms with Gasteiger partial charge in [-0.25, -0.2) is 5.48 Å². The van der Waals surface area contributed by atoms with E-state index in [1.807, 2.05) is 24.3 Å². The van der Waals surface area contributed by atoms with Crippen LogP contribution >= 0.6 is 0 Å². The van der Waals surface area contributed by atoms with E-state index in [4.69, 9.17) is 0 Å². The van der Waals surface area contributed by atoms with Crippen LogP contribution in [0.25, 0.3) is 6.08 Å². The molecule has 0 aromatic heterocycles. The molecule has 0 aliphatic heterocycles. The van der Waals surface area contributed by atoms with Crippen LogP contribution in [0.2, 0.25) is 0 Å². The highest BCUT2D eigenvalue weighted by Gasteiger charge is 2.07. The molecule has 1 rings (SSSR count). The van der Waals surface area contributed by atoms with Crippen molar-refractivity contribution in [3.05, 3.63) is 41.5 Å². The predicted octanol–water partition coefficient (Wildman–Crippen LogP) is 3.57. The monoisotopic (exact) mass is 247 g/mol. The van der Waals surface area contributed by atoms with Gasteiger partial charge in [0.2, 0.25) is 0 Å². The van der Waals surface area contributed by atoms with Gasteiger partial charge in [-0.1, -0.05) is 50.1 Å². The third-order valence-corrected chi connectivity index (χ3v) is 2.67. The third kappa shape index (κ3) is 4.72. The van der Waals surface area contributed by atoms with Gasteiger partial charge in [0, 0.05) is 5.56 Å². The fourth-order valence-electron chi connectivity index (χ4n) is 1.72. The number of allylic oxidation sites excluding steroid dienone is 1. The molecule has 0 heterocycles. The van der Waals surface area contributed by atoms with Gasteiger partial charge in [-0.05, 0) is 24.5 Å². The molecule has 0 atom stereocenters. The Morgan fingerprint density at radius 3 is 2.83 bits per heavy atom. The Kier molecular flexibility index (Phi) is 6.81. The van der Waals surface area contributed by atoms with Crippen LogP contribution in [0.5, 0.6) is 0 Å². The number of nitrogens with one attached hydrogen (secondary N) is 1. The molecule has 0 saturated heterocycles. The van der Waals surface area contributed by atoms with E-state index >= 15 is 0 Å². The Bertz CT molecular complexity index is 399. The van der Waals surface area contributed by atoms with Crippen LogP contribution in [0.4, 0.5) is 0 Å². The van der Waals surface area contributed by atoms with Crippen molar-refractivity contribution in [2.24, 2.45) is 0 Å². The Labute approximate surface area is 109 Å². The van der Waals surface area contributed by atoms with Gasteiger partial charge in [0.25, 0.3) is 5.91 Å². The maximum Gasteiger partial charge on any atom is 0.275 e. The summed E-state index contributed by atoms with van der Waals surface area (Å²) in [5, 5.41) is 0. The Morgan fingerprint density at radius 2 is 2.11 bits per heavy atom. The lowest BCUT2D eigenvalue weighted by Crippen LogP contribution is -2.22. The van der Waals surface area contributed by atoms with E-state index in [-0.39, 0.29) is 5.91 Å². The molecule has 0 fully saturated rings. The second kappa shape index (κ2) is 8.48. The first-order valence-corrected chi connectivity index (χ1v) is 6.38.